The number of hydrogen-bond acceptors (Lipinski definition) is 27. The first kappa shape index (κ1) is 86.9. The van der Waals surface area contributed by atoms with Crippen LogP contribution in [0.4, 0.5) is 21.2 Å². The molecule has 0 spiro atoms. The number of rotatable bonds is 16. The molecule has 3 aliphatic heterocycles. The number of nitrogens with one attached hydrogen (secondary N) is 3. The summed E-state index contributed by atoms with van der Waals surface area (Å²) in [4.78, 5) is 61.5. The van der Waals surface area contributed by atoms with Gasteiger partial charge in [0.05, 0.1) is 21.7 Å². The highest BCUT2D eigenvalue weighted by Gasteiger charge is 2.51. The van der Waals surface area contributed by atoms with E-state index in [4.69, 9.17) is 80.7 Å². The van der Waals surface area contributed by atoms with Crippen molar-refractivity contribution < 1.29 is 83.7 Å². The van der Waals surface area contributed by atoms with Gasteiger partial charge in [0.1, 0.15) is 119 Å². The standard InChI is InChI=1S/C30H23Cl2N3O5.C23H28ClN5O6.C18H20ClN5O4.C6H14N2O2.ClH/c31-21-12-10-19(11-13-21)25(40-30(38)20-8-6-18(7-9-20)17-4-2-1-3-5-17)26-23(36)24(37)29(39-26)35-15-14-22-27(32)33-16-34-28(22)35;1-23(2,3)35-22(33)28(4)27-19-14-9-10-29(20(14)26-11-25-19)21-17(32)16(31)18(34-21)15(30)12-5-7-13(24)8-6-12;1-20-23-16-11-6-7-24(17(11)22-8-21-16)18-14(27)13(26)15(28-18)12(25)9-2-4-10(19)5-3-9;1-6(2,3)10-5(9)8(4)7;/h1-16,23-26,29,36-37H;5-11,15-18,21,30-32H,1-4H3,(H,25,26,27);2-8,12-15,18,20,25-27H,1H3,(H,21,22,23);7H2,1-4H3;1H/t23-,24+,25+,26-,29+;15-,16+,17-,18-,21-;12-,13+,14-,15-,18-;;/m011../s1. The van der Waals surface area contributed by atoms with Gasteiger partial charge in [0, 0.05) is 54.8 Å². The lowest BCUT2D eigenvalue weighted by Gasteiger charge is -2.26. The van der Waals surface area contributed by atoms with Crippen LogP contribution in [0.15, 0.2) is 183 Å². The van der Waals surface area contributed by atoms with Crippen LogP contribution in [-0.2, 0) is 28.4 Å². The first-order valence-corrected chi connectivity index (χ1v) is 36.7. The highest BCUT2D eigenvalue weighted by molar-refractivity contribution is 6.34. The van der Waals surface area contributed by atoms with Crippen LogP contribution in [0.5, 0.6) is 0 Å². The summed E-state index contributed by atoms with van der Waals surface area (Å²) in [6.45, 7) is 10.7. The average Bonchev–Trinajstić information content (AvgIpc) is 1.63. The summed E-state index contributed by atoms with van der Waals surface area (Å²) < 4.78 is 38.8. The smallest absolute Gasteiger partial charge is 0.428 e. The molecule has 9 heterocycles. The van der Waals surface area contributed by atoms with Crippen LogP contribution < -0.4 is 22.1 Å². The monoisotopic (exact) mass is 1670 g/mol. The molecule has 6 aromatic heterocycles. The molecule has 0 radical (unpaired) electrons. The quantitative estimate of drug-likeness (QED) is 0.0107. The Hall–Kier alpha value is -9.50. The molecule has 0 saturated carbocycles. The van der Waals surface area contributed by atoms with Crippen molar-refractivity contribution in [3.63, 3.8) is 0 Å². The zero-order valence-corrected chi connectivity index (χ0v) is 66.5. The van der Waals surface area contributed by atoms with Crippen molar-refractivity contribution in [2.45, 2.75) is 145 Å². The van der Waals surface area contributed by atoms with Crippen LogP contribution in [0.2, 0.25) is 20.2 Å². The number of carbonyl (C=O) groups excluding carboxylic acids is 3. The number of fused-ring (bicyclic) bond motifs is 3. The Morgan fingerprint density at radius 3 is 1.32 bits per heavy atom. The van der Waals surface area contributed by atoms with E-state index in [0.29, 0.717) is 82.1 Å². The number of amides is 2. The van der Waals surface area contributed by atoms with Gasteiger partial charge in [-0.15, -0.1) is 12.4 Å². The van der Waals surface area contributed by atoms with Crippen molar-refractivity contribution in [2.24, 2.45) is 5.84 Å². The zero-order chi connectivity index (χ0) is 81.5. The Bertz CT molecular complexity index is 5050. The van der Waals surface area contributed by atoms with Crippen LogP contribution >= 0.6 is 58.8 Å². The second kappa shape index (κ2) is 37.4. The van der Waals surface area contributed by atoms with Crippen LogP contribution in [0.1, 0.15) is 106 Å². The predicted molar refractivity (Wildman–Crippen MR) is 425 cm³/mol. The minimum absolute atomic E-state index is 0. The molecule has 0 unspecified atom stereocenters. The van der Waals surface area contributed by atoms with Crippen LogP contribution in [0, 0.1) is 0 Å². The van der Waals surface area contributed by atoms with E-state index in [9.17, 15) is 55.2 Å². The van der Waals surface area contributed by atoms with Gasteiger partial charge in [0.25, 0.3) is 0 Å². The van der Waals surface area contributed by atoms with Crippen molar-refractivity contribution >= 4 is 122 Å². The van der Waals surface area contributed by atoms with Gasteiger partial charge in [-0.2, -0.15) is 0 Å². The van der Waals surface area contributed by atoms with Crippen LogP contribution in [-0.4, -0.2) is 200 Å². The third-order valence-corrected chi connectivity index (χ3v) is 19.1. The number of benzene rings is 5. The SMILES string of the molecule is CN(N)C(=O)OC(C)(C)C.CN(Nc1ncnc2c1ccn2[C@@H]1O[C@H]([C@H](O)c2ccc(Cl)cc2)[C@@H](O)[C@H]1O)C(=O)OC(C)(C)C.CNNc1ncnc2c1ccn2[C@@H]1O[C@H]([C@H](O)c2ccc(Cl)cc2)[C@@H](O)[C@H]1O.Cl.O=C(O[C@H](c1ccc(Cl)cc1)[C@H]1O[C@@H](n2ccc3c(Cl)ncnc32)[C@H](O)[C@@H]1O)c1ccc(-c2ccccc2)cc1. The first-order chi connectivity index (χ1) is 53.7. The average molecular weight is 1670 g/mol. The topological polar surface area (TPSA) is 429 Å². The third kappa shape index (κ3) is 20.2. The van der Waals surface area contributed by atoms with Crippen molar-refractivity contribution in [3.05, 3.63) is 226 Å². The lowest BCUT2D eigenvalue weighted by molar-refractivity contribution is -0.0916. The van der Waals surface area contributed by atoms with Crippen molar-refractivity contribution in [3.8, 4) is 11.1 Å². The molecule has 14 rings (SSSR count). The number of anilines is 2. The largest absolute Gasteiger partial charge is 0.451 e. The fraction of sp³-hybridized carbons (Fsp3) is 0.338. The number of carbonyl (C=O) groups is 3. The molecule has 5 aromatic carbocycles. The van der Waals surface area contributed by atoms with Gasteiger partial charge in [-0.3, -0.25) is 5.43 Å². The first-order valence-electron chi connectivity index (χ1n) is 35.2. The molecular weight excluding hydrogens is 1580 g/mol. The molecule has 3 fully saturated rings. The number of halogens is 5. The Morgan fingerprint density at radius 1 is 0.491 bits per heavy atom. The maximum Gasteiger partial charge on any atom is 0.428 e. The Kier molecular flexibility index (Phi) is 28.5. The molecule has 606 valence electrons. The van der Waals surface area contributed by atoms with E-state index in [1.54, 1.807) is 179 Å². The highest BCUT2D eigenvalue weighted by atomic mass is 35.5. The van der Waals surface area contributed by atoms with E-state index >= 15 is 0 Å². The lowest BCUT2D eigenvalue weighted by Crippen LogP contribution is -2.38. The third-order valence-electron chi connectivity index (χ3n) is 18.0. The minimum atomic E-state index is -1.39. The number of nitrogens with two attached hydrogens (primary N) is 1. The molecule has 13 N–H and O–H groups in total. The summed E-state index contributed by atoms with van der Waals surface area (Å²) in [6, 6.07) is 41.8. The van der Waals surface area contributed by atoms with E-state index in [1.165, 1.54) is 37.6 Å². The number of aliphatic hydroxyl groups excluding tert-OH is 8. The van der Waals surface area contributed by atoms with E-state index in [2.05, 4.69) is 46.2 Å². The summed E-state index contributed by atoms with van der Waals surface area (Å²) >= 11 is 24.1. The predicted octanol–water partition coefficient (Wildman–Crippen LogP) is 10.4. The summed E-state index contributed by atoms with van der Waals surface area (Å²) in [6.07, 6.45) is -9.75. The van der Waals surface area contributed by atoms with Crippen molar-refractivity contribution in [2.75, 3.05) is 32.0 Å². The molecule has 32 nitrogen and oxygen atoms in total. The molecule has 114 heavy (non-hydrogen) atoms. The summed E-state index contributed by atoms with van der Waals surface area (Å²) in [5.41, 5.74) is 12.6. The van der Waals surface area contributed by atoms with Gasteiger partial charge >= 0.3 is 18.2 Å². The zero-order valence-electron chi connectivity index (χ0n) is 62.6. The summed E-state index contributed by atoms with van der Waals surface area (Å²) in [5, 5.41) is 91.7. The number of ether oxygens (including phenoxy) is 6. The Balaban J connectivity index is 0.000000172. The Labute approximate surface area is 679 Å². The van der Waals surface area contributed by atoms with Crippen molar-refractivity contribution in [1.82, 2.24) is 59.0 Å². The van der Waals surface area contributed by atoms with Gasteiger partial charge in [0.2, 0.25) is 0 Å². The highest BCUT2D eigenvalue weighted by Crippen LogP contribution is 2.43. The fourth-order valence-electron chi connectivity index (χ4n) is 12.5. The molecule has 3 saturated heterocycles. The Morgan fingerprint density at radius 2 is 0.877 bits per heavy atom. The van der Waals surface area contributed by atoms with Crippen LogP contribution in [0.25, 0.3) is 44.2 Å². The number of nitrogens with zero attached hydrogens (tertiary/aromatic N) is 11. The van der Waals surface area contributed by atoms with Gasteiger partial charge in [-0.1, -0.05) is 125 Å². The fourth-order valence-corrected chi connectivity index (χ4v) is 13.1. The lowest BCUT2D eigenvalue weighted by atomic mass is 9.98. The maximum absolute atomic E-state index is 13.3. The number of aromatic nitrogens is 9. The second-order valence-electron chi connectivity index (χ2n) is 28.3. The molecule has 2 amide bonds. The van der Waals surface area contributed by atoms with Gasteiger partial charge in [-0.05, 0) is 136 Å². The normalized spacial score (nSPS) is 22.0. The molecule has 15 atom stereocenters. The molecular formula is C77H86Cl5N15O17. The molecule has 0 aliphatic carbocycles. The molecule has 37 heteroatoms. The van der Waals surface area contributed by atoms with E-state index in [0.717, 1.165) is 21.1 Å². The van der Waals surface area contributed by atoms with Crippen LogP contribution in [0.3, 0.4) is 0 Å². The molecule has 3 aliphatic rings. The second-order valence-corrected chi connectivity index (χ2v) is 30.0. The number of esters is 1. The summed E-state index contributed by atoms with van der Waals surface area (Å²) in [7, 11) is 4.66. The number of aliphatic hydroxyl groups is 8. The molecule has 11 aromatic rings. The van der Waals surface area contributed by atoms with E-state index in [-0.39, 0.29) is 17.6 Å². The van der Waals surface area contributed by atoms with E-state index in [1.807, 2.05) is 42.5 Å². The number of hydrogen-bond donors (Lipinski definition) is 12. The number of hydrazine groups is 3. The van der Waals surface area contributed by atoms with Crippen molar-refractivity contribution in [1.29, 1.82) is 0 Å². The molecule has 0 bridgehead atoms. The van der Waals surface area contributed by atoms with Gasteiger partial charge in [0.15, 0.2) is 36.4 Å². The maximum atomic E-state index is 13.3. The summed E-state index contributed by atoms with van der Waals surface area (Å²) in [5.74, 6) is 5.38. The minimum Gasteiger partial charge on any atom is -0.451 e. The van der Waals surface area contributed by atoms with E-state index < -0.39 is 121 Å². The van der Waals surface area contributed by atoms with Gasteiger partial charge in [-0.25, -0.2) is 65.6 Å². The van der Waals surface area contributed by atoms with Gasteiger partial charge < -0.3 is 88.4 Å².